The van der Waals surface area contributed by atoms with Gasteiger partial charge in [-0.05, 0) is 55.2 Å². The largest absolute Gasteiger partial charge is 0.465 e. The average Bonchev–Trinajstić information content (AvgIpc) is 3.40. The Morgan fingerprint density at radius 3 is 2.65 bits per heavy atom. The molecule has 0 saturated carbocycles. The SMILES string of the molecule is Cc1ccnc(Nc2ncc(Sc3ccnc(C(=O)NCC4(c5cccnc5)CCN(C(=O)O)CC4)c3F)s2)c1. The molecule has 5 heterocycles. The standard InChI is InChI=1S/C27H26FN7O3S2/c1-17-4-9-30-20(13-17)34-25-32-15-21(40-25)39-19-5-10-31-23(22(19)28)24(36)33-16-27(18-3-2-8-29-14-18)6-11-35(12-7-27)26(37)38/h2-5,8-10,13-15H,6-7,11-12,16H2,1H3,(H,33,36)(H,37,38)(H,30,32,34). The first-order valence-corrected chi connectivity index (χ1v) is 14.1. The van der Waals surface area contributed by atoms with Gasteiger partial charge in [0.2, 0.25) is 0 Å². The second-order valence-electron chi connectivity index (χ2n) is 9.38. The van der Waals surface area contributed by atoms with Gasteiger partial charge in [0.15, 0.2) is 16.6 Å². The van der Waals surface area contributed by atoms with Crippen LogP contribution < -0.4 is 10.6 Å². The third-order valence-corrected chi connectivity index (χ3v) is 8.82. The summed E-state index contributed by atoms with van der Waals surface area (Å²) in [5.74, 6) is -0.692. The Balaban J connectivity index is 1.28. The lowest BCUT2D eigenvalue weighted by Gasteiger charge is -2.41. The van der Waals surface area contributed by atoms with Crippen molar-refractivity contribution in [3.8, 4) is 0 Å². The van der Waals surface area contributed by atoms with Crippen molar-refractivity contribution in [3.63, 3.8) is 0 Å². The Labute approximate surface area is 238 Å². The van der Waals surface area contributed by atoms with Crippen LogP contribution in [0.25, 0.3) is 0 Å². The molecule has 0 spiro atoms. The van der Waals surface area contributed by atoms with E-state index in [-0.39, 0.29) is 17.1 Å². The molecular weight excluding hydrogens is 553 g/mol. The average molecular weight is 580 g/mol. The summed E-state index contributed by atoms with van der Waals surface area (Å²) in [6, 6.07) is 9.04. The molecule has 206 valence electrons. The van der Waals surface area contributed by atoms with Crippen LogP contribution in [-0.2, 0) is 5.41 Å². The van der Waals surface area contributed by atoms with Crippen LogP contribution in [0.4, 0.5) is 20.1 Å². The van der Waals surface area contributed by atoms with Crippen LogP contribution in [0.2, 0.25) is 0 Å². The Bertz CT molecular complexity index is 1510. The zero-order valence-corrected chi connectivity index (χ0v) is 23.1. The highest BCUT2D eigenvalue weighted by Gasteiger charge is 2.38. The number of carboxylic acid groups (broad SMARTS) is 1. The van der Waals surface area contributed by atoms with Gasteiger partial charge in [0, 0.05) is 49.8 Å². The summed E-state index contributed by atoms with van der Waals surface area (Å²) < 4.78 is 16.2. The first-order chi connectivity index (χ1) is 19.3. The zero-order valence-electron chi connectivity index (χ0n) is 21.5. The summed E-state index contributed by atoms with van der Waals surface area (Å²) in [6.45, 7) is 2.81. The molecule has 0 atom stereocenters. The number of pyridine rings is 3. The van der Waals surface area contributed by atoms with Gasteiger partial charge in [-0.2, -0.15) is 0 Å². The van der Waals surface area contributed by atoms with E-state index in [0.717, 1.165) is 27.1 Å². The summed E-state index contributed by atoms with van der Waals surface area (Å²) in [5, 5.41) is 16.0. The summed E-state index contributed by atoms with van der Waals surface area (Å²) in [4.78, 5) is 43.0. The monoisotopic (exact) mass is 579 g/mol. The topological polar surface area (TPSA) is 133 Å². The lowest BCUT2D eigenvalue weighted by molar-refractivity contribution is 0.0898. The van der Waals surface area contributed by atoms with Gasteiger partial charge in [-0.25, -0.2) is 24.1 Å². The van der Waals surface area contributed by atoms with Crippen LogP contribution in [0, 0.1) is 12.7 Å². The number of carbonyl (C=O) groups excluding carboxylic acids is 1. The second-order valence-corrected chi connectivity index (χ2v) is 11.7. The molecule has 1 aliphatic rings. The molecule has 1 fully saturated rings. The molecule has 1 aliphatic heterocycles. The van der Waals surface area contributed by atoms with Gasteiger partial charge in [0.25, 0.3) is 5.91 Å². The minimum absolute atomic E-state index is 0.195. The van der Waals surface area contributed by atoms with Gasteiger partial charge in [0.1, 0.15) is 5.82 Å². The van der Waals surface area contributed by atoms with E-state index in [0.29, 0.717) is 36.9 Å². The van der Waals surface area contributed by atoms with E-state index in [1.165, 1.54) is 28.5 Å². The van der Waals surface area contributed by atoms with Crippen LogP contribution in [-0.4, -0.2) is 61.6 Å². The molecule has 0 aromatic carbocycles. The fourth-order valence-corrected chi connectivity index (χ4v) is 6.42. The van der Waals surface area contributed by atoms with Gasteiger partial charge in [0.05, 0.1) is 15.3 Å². The third kappa shape index (κ3) is 6.20. The van der Waals surface area contributed by atoms with E-state index in [4.69, 9.17) is 0 Å². The fourth-order valence-electron chi connectivity index (χ4n) is 4.55. The normalized spacial score (nSPS) is 14.5. The maximum Gasteiger partial charge on any atom is 0.407 e. The van der Waals surface area contributed by atoms with Crippen LogP contribution in [0.15, 0.2) is 70.4 Å². The zero-order chi connectivity index (χ0) is 28.1. The van der Waals surface area contributed by atoms with Gasteiger partial charge < -0.3 is 20.6 Å². The van der Waals surface area contributed by atoms with Crippen LogP contribution in [0.5, 0.6) is 0 Å². The van der Waals surface area contributed by atoms with Crippen molar-refractivity contribution in [3.05, 3.63) is 84.0 Å². The molecule has 2 amide bonds. The number of halogens is 1. The predicted octanol–water partition coefficient (Wildman–Crippen LogP) is 5.11. The van der Waals surface area contributed by atoms with E-state index < -0.39 is 23.2 Å². The van der Waals surface area contributed by atoms with E-state index in [9.17, 15) is 14.7 Å². The van der Waals surface area contributed by atoms with Crippen molar-refractivity contribution >= 4 is 46.0 Å². The highest BCUT2D eigenvalue weighted by Crippen LogP contribution is 2.37. The van der Waals surface area contributed by atoms with Gasteiger partial charge in [-0.1, -0.05) is 29.2 Å². The van der Waals surface area contributed by atoms with Crippen molar-refractivity contribution in [1.82, 2.24) is 30.2 Å². The molecule has 3 N–H and O–H groups in total. The maximum absolute atomic E-state index is 15.5. The molecular formula is C27H26FN7O3S2. The number of aryl methyl sites for hydroxylation is 1. The van der Waals surface area contributed by atoms with Crippen LogP contribution in [0.1, 0.15) is 34.5 Å². The highest BCUT2D eigenvalue weighted by atomic mass is 32.2. The lowest BCUT2D eigenvalue weighted by atomic mass is 9.73. The van der Waals surface area contributed by atoms with Crippen LogP contribution in [0.3, 0.4) is 0 Å². The number of nitrogens with zero attached hydrogens (tertiary/aromatic N) is 5. The minimum Gasteiger partial charge on any atom is -0.465 e. The Morgan fingerprint density at radius 2 is 1.93 bits per heavy atom. The molecule has 40 heavy (non-hydrogen) atoms. The third-order valence-electron chi connectivity index (χ3n) is 6.77. The molecule has 1 saturated heterocycles. The number of thiazole rings is 1. The highest BCUT2D eigenvalue weighted by molar-refractivity contribution is 8.01. The van der Waals surface area contributed by atoms with E-state index in [1.807, 2.05) is 31.2 Å². The molecule has 0 bridgehead atoms. The number of hydrogen-bond donors (Lipinski definition) is 3. The molecule has 0 aliphatic carbocycles. The summed E-state index contributed by atoms with van der Waals surface area (Å²) in [7, 11) is 0. The van der Waals surface area contributed by atoms with Gasteiger partial charge in [-0.15, -0.1) is 0 Å². The summed E-state index contributed by atoms with van der Waals surface area (Å²) >= 11 is 2.50. The second kappa shape index (κ2) is 12.0. The van der Waals surface area contributed by atoms with E-state index >= 15 is 4.39 Å². The number of likely N-dealkylation sites (tertiary alicyclic amines) is 1. The van der Waals surface area contributed by atoms with Gasteiger partial charge >= 0.3 is 6.09 Å². The predicted molar refractivity (Wildman–Crippen MR) is 150 cm³/mol. The lowest BCUT2D eigenvalue weighted by Crippen LogP contribution is -2.50. The maximum atomic E-state index is 15.5. The smallest absolute Gasteiger partial charge is 0.407 e. The Kier molecular flexibility index (Phi) is 8.21. The first kappa shape index (κ1) is 27.5. The van der Waals surface area contributed by atoms with Crippen molar-refractivity contribution in [2.24, 2.45) is 0 Å². The number of piperidine rings is 1. The molecule has 13 heteroatoms. The van der Waals surface area contributed by atoms with Crippen molar-refractivity contribution in [2.75, 3.05) is 25.0 Å². The van der Waals surface area contributed by atoms with E-state index in [1.54, 1.807) is 24.8 Å². The molecule has 4 aromatic rings. The number of aromatic nitrogens is 4. The number of anilines is 2. The van der Waals surface area contributed by atoms with Crippen molar-refractivity contribution in [2.45, 2.75) is 34.3 Å². The number of nitrogens with one attached hydrogen (secondary N) is 2. The Morgan fingerprint density at radius 1 is 1.12 bits per heavy atom. The van der Waals surface area contributed by atoms with Crippen LogP contribution >= 0.6 is 23.1 Å². The molecule has 10 nitrogen and oxygen atoms in total. The number of rotatable bonds is 8. The van der Waals surface area contributed by atoms with E-state index in [2.05, 4.69) is 30.6 Å². The first-order valence-electron chi connectivity index (χ1n) is 12.5. The molecule has 4 aromatic heterocycles. The summed E-state index contributed by atoms with van der Waals surface area (Å²) in [6.07, 6.45) is 8.15. The number of carbonyl (C=O) groups is 2. The number of amides is 2. The van der Waals surface area contributed by atoms with Crippen molar-refractivity contribution in [1.29, 1.82) is 0 Å². The van der Waals surface area contributed by atoms with Gasteiger partial charge in [-0.3, -0.25) is 9.78 Å². The van der Waals surface area contributed by atoms with Crippen molar-refractivity contribution < 1.29 is 19.1 Å². The molecule has 5 rings (SSSR count). The molecule has 0 radical (unpaired) electrons. The quantitative estimate of drug-likeness (QED) is 0.260. The molecule has 0 unspecified atom stereocenters. The number of hydrogen-bond acceptors (Lipinski definition) is 9. The fraction of sp³-hybridized carbons (Fsp3) is 0.259. The summed E-state index contributed by atoms with van der Waals surface area (Å²) in [5.41, 5.74) is 1.12. The Hall–Kier alpha value is -4.10. The minimum atomic E-state index is -0.972.